The molecular weight excluding hydrogens is 336 g/mol. The summed E-state index contributed by atoms with van der Waals surface area (Å²) in [7, 11) is 1.65. The van der Waals surface area contributed by atoms with Crippen molar-refractivity contribution >= 4 is 41.3 Å². The number of carbonyl (C=O) groups excluding carboxylic acids is 2. The Hall–Kier alpha value is -0.890. The van der Waals surface area contributed by atoms with Crippen molar-refractivity contribution in [3.05, 3.63) is 0 Å². The van der Waals surface area contributed by atoms with Crippen LogP contribution >= 0.6 is 23.5 Å². The van der Waals surface area contributed by atoms with Gasteiger partial charge >= 0.3 is 5.97 Å². The number of hydrogen-bond acceptors (Lipinski definition) is 5. The highest BCUT2D eigenvalue weighted by Gasteiger charge is 2.29. The highest BCUT2D eigenvalue weighted by atomic mass is 32.2. The van der Waals surface area contributed by atoms with Crippen LogP contribution in [0.5, 0.6) is 0 Å². The molecule has 1 N–H and O–H groups in total. The Bertz CT molecular complexity index is 455. The first-order chi connectivity index (χ1) is 11.0. The van der Waals surface area contributed by atoms with Gasteiger partial charge < -0.3 is 14.9 Å². The molecule has 2 aliphatic rings. The first kappa shape index (κ1) is 18.4. The standard InChI is InChI=1S/C15H24N2O4S2/c1-16(13(18)7-12-10-22-5-6-23-12)9-14(19)17-4-2-3-11(8-17)15(20)21/h11-12H,2-10H2,1H3,(H,20,21). The minimum absolute atomic E-state index is 0.00913. The maximum absolute atomic E-state index is 12.3. The number of rotatable bonds is 5. The Morgan fingerprint density at radius 3 is 2.74 bits per heavy atom. The number of nitrogens with zero attached hydrogens (tertiary/aromatic N) is 2. The lowest BCUT2D eigenvalue weighted by molar-refractivity contribution is -0.147. The molecule has 2 rings (SSSR count). The third-order valence-corrected chi connectivity index (χ3v) is 7.05. The molecule has 0 bridgehead atoms. The average Bonchev–Trinajstić information content (AvgIpc) is 2.55. The molecule has 0 radical (unpaired) electrons. The Labute approximate surface area is 145 Å². The van der Waals surface area contributed by atoms with E-state index >= 15 is 0 Å². The molecule has 2 fully saturated rings. The molecule has 0 aromatic heterocycles. The topological polar surface area (TPSA) is 77.9 Å². The van der Waals surface area contributed by atoms with E-state index in [0.29, 0.717) is 31.1 Å². The van der Waals surface area contributed by atoms with E-state index in [4.69, 9.17) is 5.11 Å². The van der Waals surface area contributed by atoms with Gasteiger partial charge in [-0.1, -0.05) is 0 Å². The number of likely N-dealkylation sites (tertiary alicyclic amines) is 1. The summed E-state index contributed by atoms with van der Waals surface area (Å²) >= 11 is 3.70. The molecule has 2 atom stereocenters. The molecule has 2 saturated heterocycles. The molecule has 0 spiro atoms. The average molecular weight is 361 g/mol. The van der Waals surface area contributed by atoms with Crippen molar-refractivity contribution in [2.45, 2.75) is 24.5 Å². The van der Waals surface area contributed by atoms with E-state index in [1.807, 2.05) is 23.5 Å². The molecule has 2 amide bonds. The van der Waals surface area contributed by atoms with E-state index in [0.717, 1.165) is 17.3 Å². The van der Waals surface area contributed by atoms with E-state index in [2.05, 4.69) is 0 Å². The highest BCUT2D eigenvalue weighted by molar-refractivity contribution is 8.06. The number of thioether (sulfide) groups is 2. The molecule has 2 unspecified atom stereocenters. The van der Waals surface area contributed by atoms with E-state index in [1.54, 1.807) is 11.9 Å². The summed E-state index contributed by atoms with van der Waals surface area (Å²) < 4.78 is 0. The maximum Gasteiger partial charge on any atom is 0.308 e. The molecule has 0 aromatic rings. The lowest BCUT2D eigenvalue weighted by Crippen LogP contribution is -2.47. The van der Waals surface area contributed by atoms with E-state index < -0.39 is 11.9 Å². The van der Waals surface area contributed by atoms with Crippen LogP contribution in [-0.2, 0) is 14.4 Å². The van der Waals surface area contributed by atoms with Gasteiger partial charge in [0.05, 0.1) is 12.5 Å². The number of amides is 2. The van der Waals surface area contributed by atoms with Crippen LogP contribution in [0.4, 0.5) is 0 Å². The number of carbonyl (C=O) groups is 3. The minimum atomic E-state index is -0.848. The first-order valence-electron chi connectivity index (χ1n) is 7.91. The zero-order chi connectivity index (χ0) is 16.8. The smallest absolute Gasteiger partial charge is 0.308 e. The van der Waals surface area contributed by atoms with Crippen LogP contribution in [0, 0.1) is 5.92 Å². The molecule has 6 nitrogen and oxygen atoms in total. The second kappa shape index (κ2) is 8.82. The van der Waals surface area contributed by atoms with Crippen LogP contribution in [0.2, 0.25) is 0 Å². The van der Waals surface area contributed by atoms with Crippen molar-refractivity contribution in [3.63, 3.8) is 0 Å². The van der Waals surface area contributed by atoms with Crippen LogP contribution in [0.25, 0.3) is 0 Å². The van der Waals surface area contributed by atoms with Crippen LogP contribution in [0.15, 0.2) is 0 Å². The number of carboxylic acids is 1. The van der Waals surface area contributed by atoms with Gasteiger partial charge in [-0.2, -0.15) is 23.5 Å². The molecule has 2 heterocycles. The molecule has 8 heteroatoms. The number of likely N-dealkylation sites (N-methyl/N-ethyl adjacent to an activating group) is 1. The van der Waals surface area contributed by atoms with E-state index in [9.17, 15) is 14.4 Å². The number of hydrogen-bond donors (Lipinski definition) is 1. The summed E-state index contributed by atoms with van der Waals surface area (Å²) in [5, 5.41) is 9.42. The van der Waals surface area contributed by atoms with Gasteiger partial charge in [-0.15, -0.1) is 0 Å². The normalized spacial score (nSPS) is 25.0. The largest absolute Gasteiger partial charge is 0.481 e. The molecule has 23 heavy (non-hydrogen) atoms. The van der Waals surface area contributed by atoms with Crippen molar-refractivity contribution < 1.29 is 19.5 Å². The Morgan fingerprint density at radius 1 is 1.30 bits per heavy atom. The molecule has 0 aromatic carbocycles. The van der Waals surface area contributed by atoms with Gasteiger partial charge in [0.2, 0.25) is 11.8 Å². The van der Waals surface area contributed by atoms with Gasteiger partial charge in [-0.25, -0.2) is 0 Å². The zero-order valence-corrected chi connectivity index (χ0v) is 15.0. The summed E-state index contributed by atoms with van der Waals surface area (Å²) in [6.45, 7) is 0.876. The molecule has 0 aliphatic carbocycles. The summed E-state index contributed by atoms with van der Waals surface area (Å²) in [6, 6.07) is 0. The Kier molecular flexibility index (Phi) is 7.08. The third-order valence-electron chi connectivity index (χ3n) is 4.21. The summed E-state index contributed by atoms with van der Waals surface area (Å²) in [5.41, 5.74) is 0. The van der Waals surface area contributed by atoms with Gasteiger partial charge in [0.15, 0.2) is 0 Å². The minimum Gasteiger partial charge on any atom is -0.481 e. The van der Waals surface area contributed by atoms with Crippen LogP contribution in [0.1, 0.15) is 19.3 Å². The predicted octanol–water partition coefficient (Wildman–Crippen LogP) is 1.01. The molecule has 130 valence electrons. The highest BCUT2D eigenvalue weighted by Crippen LogP contribution is 2.26. The third kappa shape index (κ3) is 5.60. The number of aliphatic carboxylic acids is 1. The number of carboxylic acid groups (broad SMARTS) is 1. The predicted molar refractivity (Wildman–Crippen MR) is 92.8 cm³/mol. The van der Waals surface area contributed by atoms with Gasteiger partial charge in [0, 0.05) is 49.1 Å². The van der Waals surface area contributed by atoms with Gasteiger partial charge in [0.1, 0.15) is 0 Å². The Balaban J connectivity index is 1.79. The van der Waals surface area contributed by atoms with Crippen LogP contribution < -0.4 is 0 Å². The maximum atomic E-state index is 12.3. The Morgan fingerprint density at radius 2 is 2.09 bits per heavy atom. The SMILES string of the molecule is CN(CC(=O)N1CCCC(C(=O)O)C1)C(=O)CC1CSCCS1. The van der Waals surface area contributed by atoms with E-state index in [-0.39, 0.29) is 24.9 Å². The zero-order valence-electron chi connectivity index (χ0n) is 13.4. The lowest BCUT2D eigenvalue weighted by atomic mass is 9.98. The van der Waals surface area contributed by atoms with Crippen LogP contribution in [0.3, 0.4) is 0 Å². The van der Waals surface area contributed by atoms with Crippen molar-refractivity contribution in [1.82, 2.24) is 9.80 Å². The molecular formula is C15H24N2O4S2. The first-order valence-corrected chi connectivity index (χ1v) is 10.1. The fourth-order valence-electron chi connectivity index (χ4n) is 2.80. The van der Waals surface area contributed by atoms with Crippen molar-refractivity contribution in [2.24, 2.45) is 5.92 Å². The number of piperidine rings is 1. The van der Waals surface area contributed by atoms with Gasteiger partial charge in [0.25, 0.3) is 0 Å². The monoisotopic (exact) mass is 360 g/mol. The van der Waals surface area contributed by atoms with Crippen LogP contribution in [-0.4, -0.2) is 81.9 Å². The second-order valence-corrected chi connectivity index (χ2v) is 8.60. The lowest BCUT2D eigenvalue weighted by Gasteiger charge is -2.32. The molecule has 2 aliphatic heterocycles. The van der Waals surface area contributed by atoms with E-state index in [1.165, 1.54) is 4.90 Å². The second-order valence-electron chi connectivity index (χ2n) is 6.04. The molecule has 0 saturated carbocycles. The fraction of sp³-hybridized carbons (Fsp3) is 0.800. The van der Waals surface area contributed by atoms with Crippen molar-refractivity contribution in [3.8, 4) is 0 Å². The van der Waals surface area contributed by atoms with Crippen molar-refractivity contribution in [2.75, 3.05) is 43.9 Å². The summed E-state index contributed by atoms with van der Waals surface area (Å²) in [4.78, 5) is 38.7. The van der Waals surface area contributed by atoms with Crippen molar-refractivity contribution in [1.29, 1.82) is 0 Å². The fourth-order valence-corrected chi connectivity index (χ4v) is 5.47. The summed E-state index contributed by atoms with van der Waals surface area (Å²) in [5.74, 6) is 1.72. The van der Waals surface area contributed by atoms with Gasteiger partial charge in [-0.3, -0.25) is 14.4 Å². The quantitative estimate of drug-likeness (QED) is 0.788. The summed E-state index contributed by atoms with van der Waals surface area (Å²) in [6.07, 6.45) is 1.79. The van der Waals surface area contributed by atoms with Gasteiger partial charge in [-0.05, 0) is 12.8 Å².